The van der Waals surface area contributed by atoms with Gasteiger partial charge < -0.3 is 10.6 Å². The van der Waals surface area contributed by atoms with Crippen LogP contribution >= 0.6 is 28.3 Å². The van der Waals surface area contributed by atoms with E-state index < -0.39 is 0 Å². The van der Waals surface area contributed by atoms with Crippen molar-refractivity contribution >= 4 is 34.2 Å². The molecule has 18 heavy (non-hydrogen) atoms. The fraction of sp³-hybridized carbons (Fsp3) is 0.417. The second kappa shape index (κ2) is 7.07. The van der Waals surface area contributed by atoms with Crippen LogP contribution in [0.3, 0.4) is 0 Å². The van der Waals surface area contributed by atoms with E-state index in [-0.39, 0.29) is 36.6 Å². The number of rotatable bonds is 3. The van der Waals surface area contributed by atoms with E-state index in [2.05, 4.69) is 26.6 Å². The summed E-state index contributed by atoms with van der Waals surface area (Å²) in [6.45, 7) is 1.78. The summed E-state index contributed by atoms with van der Waals surface area (Å²) in [5.41, 5.74) is 0.807. The summed E-state index contributed by atoms with van der Waals surface area (Å²) in [5.74, 6) is -0.327. The molecule has 2 rings (SSSR count). The molecular formula is C12H15BrClFN2O. The molecule has 1 heterocycles. The molecule has 1 atom stereocenters. The lowest BCUT2D eigenvalue weighted by atomic mass is 10.1. The molecule has 1 amide bonds. The van der Waals surface area contributed by atoms with Gasteiger partial charge in [-0.1, -0.05) is 6.07 Å². The van der Waals surface area contributed by atoms with Gasteiger partial charge in [0, 0.05) is 12.6 Å². The Bertz CT molecular complexity index is 425. The molecule has 0 bridgehead atoms. The van der Waals surface area contributed by atoms with Gasteiger partial charge in [-0.3, -0.25) is 4.79 Å². The van der Waals surface area contributed by atoms with Gasteiger partial charge >= 0.3 is 0 Å². The Labute approximate surface area is 120 Å². The molecule has 0 aromatic heterocycles. The molecular weight excluding hydrogens is 323 g/mol. The highest BCUT2D eigenvalue weighted by Crippen LogP contribution is 2.17. The maximum Gasteiger partial charge on any atom is 0.224 e. The van der Waals surface area contributed by atoms with Crippen molar-refractivity contribution < 1.29 is 9.18 Å². The van der Waals surface area contributed by atoms with Crippen LogP contribution in [0.4, 0.5) is 4.39 Å². The van der Waals surface area contributed by atoms with Crippen LogP contribution in [0, 0.1) is 5.82 Å². The van der Waals surface area contributed by atoms with Crippen molar-refractivity contribution in [1.29, 1.82) is 0 Å². The maximum atomic E-state index is 13.0. The minimum Gasteiger partial charge on any atom is -0.352 e. The third kappa shape index (κ3) is 4.23. The van der Waals surface area contributed by atoms with E-state index in [0.29, 0.717) is 4.47 Å². The van der Waals surface area contributed by atoms with E-state index in [4.69, 9.17) is 0 Å². The summed E-state index contributed by atoms with van der Waals surface area (Å²) in [5, 5.41) is 6.14. The van der Waals surface area contributed by atoms with Crippen LogP contribution in [0.2, 0.25) is 0 Å². The van der Waals surface area contributed by atoms with Gasteiger partial charge in [-0.25, -0.2) is 4.39 Å². The molecule has 1 aliphatic rings. The lowest BCUT2D eigenvalue weighted by Gasteiger charge is -2.11. The Morgan fingerprint density at radius 1 is 1.56 bits per heavy atom. The Morgan fingerprint density at radius 2 is 2.33 bits per heavy atom. The minimum absolute atomic E-state index is 0. The monoisotopic (exact) mass is 336 g/mol. The van der Waals surface area contributed by atoms with Crippen LogP contribution in [0.5, 0.6) is 0 Å². The first-order valence-corrected chi connectivity index (χ1v) is 6.38. The first-order valence-electron chi connectivity index (χ1n) is 5.59. The highest BCUT2D eigenvalue weighted by molar-refractivity contribution is 9.10. The van der Waals surface area contributed by atoms with Gasteiger partial charge in [0.15, 0.2) is 0 Å². The molecule has 1 aromatic rings. The van der Waals surface area contributed by atoms with Gasteiger partial charge in [0.05, 0.1) is 10.9 Å². The van der Waals surface area contributed by atoms with Gasteiger partial charge in [-0.05, 0) is 46.6 Å². The smallest absolute Gasteiger partial charge is 0.224 e. The largest absolute Gasteiger partial charge is 0.352 e. The van der Waals surface area contributed by atoms with Crippen LogP contribution in [0.15, 0.2) is 22.7 Å². The standard InChI is InChI=1S/C12H14BrFN2O.ClH/c13-10-5-8(1-2-11(10)14)6-12(17)16-9-3-4-15-7-9;/h1-2,5,9,15H,3-4,6-7H2,(H,16,17);1H. The van der Waals surface area contributed by atoms with Crippen molar-refractivity contribution in [2.24, 2.45) is 0 Å². The van der Waals surface area contributed by atoms with Crippen molar-refractivity contribution in [2.75, 3.05) is 13.1 Å². The molecule has 2 N–H and O–H groups in total. The van der Waals surface area contributed by atoms with Gasteiger partial charge in [0.25, 0.3) is 0 Å². The van der Waals surface area contributed by atoms with Crippen LogP contribution in [-0.4, -0.2) is 25.0 Å². The molecule has 0 aliphatic carbocycles. The summed E-state index contributed by atoms with van der Waals surface area (Å²) >= 11 is 3.11. The number of hydrogen-bond donors (Lipinski definition) is 2. The molecule has 100 valence electrons. The van der Waals surface area contributed by atoms with Gasteiger partial charge in [-0.15, -0.1) is 12.4 Å². The van der Waals surface area contributed by atoms with Crippen molar-refractivity contribution in [3.05, 3.63) is 34.1 Å². The number of amides is 1. The Hall–Kier alpha value is -0.650. The fourth-order valence-corrected chi connectivity index (χ4v) is 2.32. The van der Waals surface area contributed by atoms with Crippen LogP contribution < -0.4 is 10.6 Å². The minimum atomic E-state index is -0.311. The van der Waals surface area contributed by atoms with E-state index in [1.54, 1.807) is 12.1 Å². The van der Waals surface area contributed by atoms with E-state index >= 15 is 0 Å². The van der Waals surface area contributed by atoms with Gasteiger partial charge in [0.1, 0.15) is 5.82 Å². The van der Waals surface area contributed by atoms with Crippen molar-refractivity contribution in [1.82, 2.24) is 10.6 Å². The Morgan fingerprint density at radius 3 is 2.94 bits per heavy atom. The topological polar surface area (TPSA) is 41.1 Å². The lowest BCUT2D eigenvalue weighted by Crippen LogP contribution is -2.37. The molecule has 1 aliphatic heterocycles. The first kappa shape index (κ1) is 15.4. The molecule has 3 nitrogen and oxygen atoms in total. The highest BCUT2D eigenvalue weighted by Gasteiger charge is 2.16. The Balaban J connectivity index is 0.00000162. The number of hydrogen-bond acceptors (Lipinski definition) is 2. The zero-order valence-electron chi connectivity index (χ0n) is 9.71. The van der Waals surface area contributed by atoms with E-state index in [9.17, 15) is 9.18 Å². The van der Waals surface area contributed by atoms with E-state index in [1.165, 1.54) is 6.07 Å². The molecule has 0 radical (unpaired) electrons. The number of halogens is 3. The van der Waals surface area contributed by atoms with Crippen LogP contribution in [0.25, 0.3) is 0 Å². The van der Waals surface area contributed by atoms with Crippen molar-refractivity contribution in [3.63, 3.8) is 0 Å². The zero-order chi connectivity index (χ0) is 12.3. The fourth-order valence-electron chi connectivity index (χ4n) is 1.89. The number of benzene rings is 1. The third-order valence-electron chi connectivity index (χ3n) is 2.77. The van der Waals surface area contributed by atoms with Crippen molar-refractivity contribution in [2.45, 2.75) is 18.9 Å². The summed E-state index contributed by atoms with van der Waals surface area (Å²) in [6, 6.07) is 4.87. The van der Waals surface area contributed by atoms with Gasteiger partial charge in [0.2, 0.25) is 5.91 Å². The molecule has 1 fully saturated rings. The normalized spacial score (nSPS) is 18.2. The quantitative estimate of drug-likeness (QED) is 0.886. The predicted molar refractivity (Wildman–Crippen MR) is 74.5 cm³/mol. The van der Waals surface area contributed by atoms with Crippen LogP contribution in [0.1, 0.15) is 12.0 Å². The average molecular weight is 338 g/mol. The predicted octanol–water partition coefficient (Wildman–Crippen LogP) is 2.03. The molecule has 1 aromatic carbocycles. The third-order valence-corrected chi connectivity index (χ3v) is 3.38. The summed E-state index contributed by atoms with van der Waals surface area (Å²) in [6.07, 6.45) is 1.26. The van der Waals surface area contributed by atoms with Gasteiger partial charge in [-0.2, -0.15) is 0 Å². The SMILES string of the molecule is Cl.O=C(Cc1ccc(F)c(Br)c1)NC1CCNC1. The number of nitrogens with one attached hydrogen (secondary N) is 2. The zero-order valence-corrected chi connectivity index (χ0v) is 12.1. The molecule has 6 heteroatoms. The molecule has 0 saturated carbocycles. The average Bonchev–Trinajstić information content (AvgIpc) is 2.76. The first-order chi connectivity index (χ1) is 8.15. The summed E-state index contributed by atoms with van der Waals surface area (Å²) < 4.78 is 13.4. The maximum absolute atomic E-state index is 13.0. The second-order valence-electron chi connectivity index (χ2n) is 4.18. The lowest BCUT2D eigenvalue weighted by molar-refractivity contribution is -0.121. The molecule has 1 unspecified atom stereocenters. The van der Waals surface area contributed by atoms with E-state index in [1.807, 2.05) is 0 Å². The molecule has 0 spiro atoms. The molecule has 1 saturated heterocycles. The summed E-state index contributed by atoms with van der Waals surface area (Å²) in [4.78, 5) is 11.7. The van der Waals surface area contributed by atoms with E-state index in [0.717, 1.165) is 25.1 Å². The van der Waals surface area contributed by atoms with Crippen molar-refractivity contribution in [3.8, 4) is 0 Å². The van der Waals surface area contributed by atoms with Crippen LogP contribution in [-0.2, 0) is 11.2 Å². The number of carbonyl (C=O) groups is 1. The summed E-state index contributed by atoms with van der Waals surface area (Å²) in [7, 11) is 0. The second-order valence-corrected chi connectivity index (χ2v) is 5.04. The highest BCUT2D eigenvalue weighted by atomic mass is 79.9. The Kier molecular flexibility index (Phi) is 6.05. The number of carbonyl (C=O) groups excluding carboxylic acids is 1.